The van der Waals surface area contributed by atoms with Crippen LogP contribution >= 0.6 is 0 Å². The van der Waals surface area contributed by atoms with E-state index < -0.39 is 5.67 Å². The second kappa shape index (κ2) is 3.93. The molecule has 0 saturated heterocycles. The molecule has 0 spiro atoms. The van der Waals surface area contributed by atoms with Gasteiger partial charge in [-0.05, 0) is 37.2 Å². The zero-order chi connectivity index (χ0) is 10.9. The van der Waals surface area contributed by atoms with Crippen LogP contribution in [0.2, 0.25) is 0 Å². The molecule has 15 heavy (non-hydrogen) atoms. The third-order valence-electron chi connectivity index (χ3n) is 3.24. The Bertz CT molecular complexity index is 332. The first-order valence-electron chi connectivity index (χ1n) is 5.50. The highest BCUT2D eigenvalue weighted by molar-refractivity contribution is 5.06. The minimum absolute atomic E-state index is 0.151. The zero-order valence-corrected chi connectivity index (χ0v) is 9.12. The Balaban J connectivity index is 1.91. The molecule has 1 aliphatic carbocycles. The maximum Gasteiger partial charge on any atom is 0.126 e. The van der Waals surface area contributed by atoms with Gasteiger partial charge in [-0.25, -0.2) is 4.39 Å². The highest BCUT2D eigenvalue weighted by atomic mass is 19.1. The van der Waals surface area contributed by atoms with Crippen molar-refractivity contribution in [2.45, 2.75) is 31.4 Å². The van der Waals surface area contributed by atoms with Crippen LogP contribution in [0.15, 0.2) is 12.4 Å². The number of aryl methyl sites for hydroxylation is 2. The molecular formula is C11H18FN3. The van der Waals surface area contributed by atoms with E-state index in [9.17, 15) is 4.39 Å². The van der Waals surface area contributed by atoms with Crippen LogP contribution in [0.3, 0.4) is 0 Å². The lowest BCUT2D eigenvalue weighted by Crippen LogP contribution is -2.35. The first kappa shape index (κ1) is 10.6. The molecule has 0 aliphatic heterocycles. The van der Waals surface area contributed by atoms with Gasteiger partial charge in [-0.3, -0.25) is 4.68 Å². The van der Waals surface area contributed by atoms with Crippen molar-refractivity contribution in [3.8, 4) is 0 Å². The summed E-state index contributed by atoms with van der Waals surface area (Å²) >= 11 is 0. The van der Waals surface area contributed by atoms with E-state index in [0.717, 1.165) is 24.8 Å². The largest absolute Gasteiger partial charge is 0.328 e. The molecule has 1 unspecified atom stereocenters. The monoisotopic (exact) mass is 211 g/mol. The molecule has 0 radical (unpaired) electrons. The fourth-order valence-electron chi connectivity index (χ4n) is 2.03. The second-order valence-corrected chi connectivity index (χ2v) is 4.54. The Morgan fingerprint density at radius 3 is 2.87 bits per heavy atom. The van der Waals surface area contributed by atoms with E-state index in [1.165, 1.54) is 0 Å². The van der Waals surface area contributed by atoms with Crippen LogP contribution in [0, 0.1) is 5.92 Å². The molecule has 3 nitrogen and oxygen atoms in total. The number of hydrogen-bond acceptors (Lipinski definition) is 2. The van der Waals surface area contributed by atoms with Crippen molar-refractivity contribution in [1.29, 1.82) is 0 Å². The molecule has 1 fully saturated rings. The van der Waals surface area contributed by atoms with Crippen LogP contribution in [-0.2, 0) is 13.5 Å². The summed E-state index contributed by atoms with van der Waals surface area (Å²) in [7, 11) is 1.87. The molecule has 2 rings (SSSR count). The van der Waals surface area contributed by atoms with Gasteiger partial charge in [-0.2, -0.15) is 5.10 Å². The number of halogens is 1. The van der Waals surface area contributed by atoms with Gasteiger partial charge < -0.3 is 5.73 Å². The lowest BCUT2D eigenvalue weighted by atomic mass is 9.93. The summed E-state index contributed by atoms with van der Waals surface area (Å²) in [6, 6.07) is 0. The normalized spacial score (nSPS) is 20.2. The number of aromatic nitrogens is 2. The van der Waals surface area contributed by atoms with Crippen LogP contribution in [-0.4, -0.2) is 22.0 Å². The summed E-state index contributed by atoms with van der Waals surface area (Å²) in [5.41, 5.74) is 5.47. The first-order valence-corrected chi connectivity index (χ1v) is 5.50. The number of nitrogens with zero attached hydrogens (tertiary/aromatic N) is 2. The third-order valence-corrected chi connectivity index (χ3v) is 3.24. The standard InChI is InChI=1S/C11H18FN3/c1-15-7-9(6-14-15)4-5-11(12,8-13)10-2-3-10/h6-7,10H,2-5,8,13H2,1H3. The van der Waals surface area contributed by atoms with Crippen molar-refractivity contribution < 1.29 is 4.39 Å². The Morgan fingerprint density at radius 2 is 2.40 bits per heavy atom. The quantitative estimate of drug-likeness (QED) is 0.800. The topological polar surface area (TPSA) is 43.8 Å². The maximum absolute atomic E-state index is 14.2. The lowest BCUT2D eigenvalue weighted by Gasteiger charge is -2.22. The highest BCUT2D eigenvalue weighted by Crippen LogP contribution is 2.44. The Hall–Kier alpha value is -0.900. The van der Waals surface area contributed by atoms with Crippen LogP contribution < -0.4 is 5.73 Å². The van der Waals surface area contributed by atoms with E-state index in [2.05, 4.69) is 5.10 Å². The molecule has 1 aromatic heterocycles. The number of alkyl halides is 1. The van der Waals surface area contributed by atoms with Crippen LogP contribution in [0.1, 0.15) is 24.8 Å². The van der Waals surface area contributed by atoms with Gasteiger partial charge in [0.05, 0.1) is 6.20 Å². The molecule has 1 heterocycles. The second-order valence-electron chi connectivity index (χ2n) is 4.54. The fourth-order valence-corrected chi connectivity index (χ4v) is 2.03. The van der Waals surface area contributed by atoms with E-state index in [1.54, 1.807) is 10.9 Å². The molecular weight excluding hydrogens is 193 g/mol. The van der Waals surface area contributed by atoms with Crippen LogP contribution in [0.25, 0.3) is 0 Å². The predicted molar refractivity (Wildman–Crippen MR) is 57.1 cm³/mol. The number of rotatable bonds is 5. The van der Waals surface area contributed by atoms with E-state index in [-0.39, 0.29) is 12.5 Å². The van der Waals surface area contributed by atoms with Crippen molar-refractivity contribution in [1.82, 2.24) is 9.78 Å². The van der Waals surface area contributed by atoms with E-state index >= 15 is 0 Å². The van der Waals surface area contributed by atoms with E-state index in [1.807, 2.05) is 13.2 Å². The van der Waals surface area contributed by atoms with Gasteiger partial charge in [0.25, 0.3) is 0 Å². The van der Waals surface area contributed by atoms with Crippen molar-refractivity contribution >= 4 is 0 Å². The molecule has 2 N–H and O–H groups in total. The number of hydrogen-bond donors (Lipinski definition) is 1. The average Bonchev–Trinajstić information content (AvgIpc) is 3.00. The van der Waals surface area contributed by atoms with Gasteiger partial charge in [0.1, 0.15) is 5.67 Å². The van der Waals surface area contributed by atoms with E-state index in [0.29, 0.717) is 6.42 Å². The maximum atomic E-state index is 14.2. The molecule has 1 aliphatic rings. The predicted octanol–water partition coefficient (Wildman–Crippen LogP) is 1.43. The molecule has 84 valence electrons. The van der Waals surface area contributed by atoms with Crippen LogP contribution in [0.5, 0.6) is 0 Å². The smallest absolute Gasteiger partial charge is 0.126 e. The molecule has 0 bridgehead atoms. The van der Waals surface area contributed by atoms with Crippen molar-refractivity contribution in [2.75, 3.05) is 6.54 Å². The minimum Gasteiger partial charge on any atom is -0.328 e. The fraction of sp³-hybridized carbons (Fsp3) is 0.727. The Labute approximate surface area is 89.5 Å². The number of nitrogens with two attached hydrogens (primary N) is 1. The summed E-state index contributed by atoms with van der Waals surface area (Å²) in [5, 5.41) is 4.07. The Kier molecular flexibility index (Phi) is 2.78. The molecule has 1 atom stereocenters. The SMILES string of the molecule is Cn1cc(CCC(F)(CN)C2CC2)cn1. The van der Waals surface area contributed by atoms with Crippen molar-refractivity contribution in [2.24, 2.45) is 18.7 Å². The summed E-state index contributed by atoms with van der Waals surface area (Å²) in [5.74, 6) is 0.208. The summed E-state index contributed by atoms with van der Waals surface area (Å²) in [6.45, 7) is 0.151. The van der Waals surface area contributed by atoms with E-state index in [4.69, 9.17) is 5.73 Å². The molecule has 1 aromatic rings. The third kappa shape index (κ3) is 2.37. The van der Waals surface area contributed by atoms with Gasteiger partial charge >= 0.3 is 0 Å². The van der Waals surface area contributed by atoms with Gasteiger partial charge in [0, 0.05) is 19.8 Å². The molecule has 4 heteroatoms. The first-order chi connectivity index (χ1) is 7.14. The van der Waals surface area contributed by atoms with Gasteiger partial charge in [0.2, 0.25) is 0 Å². The molecule has 0 aromatic carbocycles. The molecule has 1 saturated carbocycles. The molecule has 0 amide bonds. The van der Waals surface area contributed by atoms with Crippen LogP contribution in [0.4, 0.5) is 4.39 Å². The van der Waals surface area contributed by atoms with Gasteiger partial charge in [0.15, 0.2) is 0 Å². The summed E-state index contributed by atoms with van der Waals surface area (Å²) in [4.78, 5) is 0. The lowest BCUT2D eigenvalue weighted by molar-refractivity contribution is 0.130. The minimum atomic E-state index is -1.14. The summed E-state index contributed by atoms with van der Waals surface area (Å²) in [6.07, 6.45) is 6.99. The van der Waals surface area contributed by atoms with Crippen molar-refractivity contribution in [3.63, 3.8) is 0 Å². The Morgan fingerprint density at radius 1 is 1.67 bits per heavy atom. The highest BCUT2D eigenvalue weighted by Gasteiger charge is 2.44. The van der Waals surface area contributed by atoms with Gasteiger partial charge in [-0.15, -0.1) is 0 Å². The average molecular weight is 211 g/mol. The van der Waals surface area contributed by atoms with Gasteiger partial charge in [-0.1, -0.05) is 0 Å². The zero-order valence-electron chi connectivity index (χ0n) is 9.12. The van der Waals surface area contributed by atoms with Crippen molar-refractivity contribution in [3.05, 3.63) is 18.0 Å². The summed E-state index contributed by atoms with van der Waals surface area (Å²) < 4.78 is 16.0.